The first-order valence-electron chi connectivity index (χ1n) is 6.39. The van der Waals surface area contributed by atoms with Gasteiger partial charge in [-0.3, -0.25) is 9.38 Å². The van der Waals surface area contributed by atoms with E-state index in [4.69, 9.17) is 5.73 Å². The summed E-state index contributed by atoms with van der Waals surface area (Å²) in [6.45, 7) is 0. The van der Waals surface area contributed by atoms with Crippen LogP contribution in [0.4, 0.5) is 5.69 Å². The predicted octanol–water partition coefficient (Wildman–Crippen LogP) is 3.10. The first kappa shape index (κ1) is 12.0. The number of aromatic nitrogens is 4. The van der Waals surface area contributed by atoms with Gasteiger partial charge < -0.3 is 5.73 Å². The number of nitrogens with zero attached hydrogens (tertiary/aromatic N) is 4. The molecule has 0 saturated heterocycles. The van der Waals surface area contributed by atoms with Crippen LogP contribution >= 0.6 is 11.3 Å². The highest BCUT2D eigenvalue weighted by Gasteiger charge is 2.09. The maximum atomic E-state index is 5.84. The third-order valence-corrected chi connectivity index (χ3v) is 3.86. The Hall–Kier alpha value is -2.73. The summed E-state index contributed by atoms with van der Waals surface area (Å²) in [5.41, 5.74) is 12.9. The third kappa shape index (κ3) is 2.05. The highest BCUT2D eigenvalue weighted by Crippen LogP contribution is 2.24. The van der Waals surface area contributed by atoms with Crippen molar-refractivity contribution < 1.29 is 0 Å². The van der Waals surface area contributed by atoms with E-state index in [0.717, 1.165) is 34.0 Å². The van der Waals surface area contributed by atoms with E-state index >= 15 is 0 Å². The number of hydrogen-bond donors (Lipinski definition) is 1. The second-order valence-electron chi connectivity index (χ2n) is 4.64. The molecule has 0 bridgehead atoms. The molecule has 6 heteroatoms. The molecule has 0 fully saturated rings. The van der Waals surface area contributed by atoms with Crippen molar-refractivity contribution in [1.29, 1.82) is 0 Å². The average molecular weight is 293 g/mol. The Morgan fingerprint density at radius 3 is 2.81 bits per heavy atom. The van der Waals surface area contributed by atoms with Crippen molar-refractivity contribution >= 4 is 22.7 Å². The number of nitrogens with two attached hydrogens (primary N) is 1. The number of rotatable bonds is 2. The van der Waals surface area contributed by atoms with Crippen molar-refractivity contribution in [3.63, 3.8) is 0 Å². The second kappa shape index (κ2) is 4.68. The minimum Gasteiger partial charge on any atom is -0.399 e. The molecule has 5 nitrogen and oxygen atoms in total. The summed E-state index contributed by atoms with van der Waals surface area (Å²) >= 11 is 1.56. The molecule has 102 valence electrons. The van der Waals surface area contributed by atoms with Crippen LogP contribution in [0.1, 0.15) is 0 Å². The quantitative estimate of drug-likeness (QED) is 0.577. The van der Waals surface area contributed by atoms with E-state index in [-0.39, 0.29) is 0 Å². The molecule has 4 rings (SSSR count). The molecule has 0 aliphatic heterocycles. The number of anilines is 1. The molecule has 0 aliphatic rings. The highest BCUT2D eigenvalue weighted by atomic mass is 32.1. The Morgan fingerprint density at radius 1 is 1.05 bits per heavy atom. The monoisotopic (exact) mass is 293 g/mol. The Bertz CT molecular complexity index is 911. The van der Waals surface area contributed by atoms with E-state index < -0.39 is 0 Å². The number of hydrogen-bond acceptors (Lipinski definition) is 5. The summed E-state index contributed by atoms with van der Waals surface area (Å²) in [5, 5.41) is 2.00. The minimum absolute atomic E-state index is 0.722. The van der Waals surface area contributed by atoms with Gasteiger partial charge in [-0.1, -0.05) is 12.1 Å². The first-order chi connectivity index (χ1) is 10.3. The Kier molecular flexibility index (Phi) is 2.68. The number of nitrogen functional groups attached to an aromatic ring is 1. The largest absolute Gasteiger partial charge is 0.399 e. The standard InChI is InChI=1S/C15H11N5S/c16-11-3-1-2-10(4-11)12-7-20-14(13-8-21-9-19-13)5-18-15(20)6-17-12/h1-9H,16H2. The Morgan fingerprint density at radius 2 is 2.00 bits per heavy atom. The van der Waals surface area contributed by atoms with Crippen LogP contribution in [0.15, 0.2) is 53.7 Å². The first-order valence-corrected chi connectivity index (χ1v) is 7.33. The molecule has 0 unspecified atom stereocenters. The van der Waals surface area contributed by atoms with Gasteiger partial charge in [0, 0.05) is 22.8 Å². The van der Waals surface area contributed by atoms with Crippen LogP contribution < -0.4 is 5.73 Å². The molecule has 3 aromatic heterocycles. The average Bonchev–Trinajstić information content (AvgIpc) is 3.15. The van der Waals surface area contributed by atoms with E-state index in [9.17, 15) is 0 Å². The zero-order valence-electron chi connectivity index (χ0n) is 11.0. The van der Waals surface area contributed by atoms with Crippen molar-refractivity contribution in [3.8, 4) is 22.6 Å². The van der Waals surface area contributed by atoms with E-state index in [1.165, 1.54) is 0 Å². The van der Waals surface area contributed by atoms with E-state index in [1.54, 1.807) is 17.5 Å². The molecule has 0 amide bonds. The van der Waals surface area contributed by atoms with Crippen LogP contribution in [0.25, 0.3) is 28.3 Å². The Labute approximate surface area is 124 Å². The van der Waals surface area contributed by atoms with Crippen molar-refractivity contribution in [2.45, 2.75) is 0 Å². The van der Waals surface area contributed by atoms with E-state index in [2.05, 4.69) is 15.0 Å². The fourth-order valence-corrected chi connectivity index (χ4v) is 2.81. The summed E-state index contributed by atoms with van der Waals surface area (Å²) in [6.07, 6.45) is 5.54. The predicted molar refractivity (Wildman–Crippen MR) is 83.9 cm³/mol. The highest BCUT2D eigenvalue weighted by molar-refractivity contribution is 7.07. The topological polar surface area (TPSA) is 69.1 Å². The van der Waals surface area contributed by atoms with Gasteiger partial charge in [-0.2, -0.15) is 0 Å². The van der Waals surface area contributed by atoms with Crippen LogP contribution in [-0.4, -0.2) is 19.4 Å². The zero-order chi connectivity index (χ0) is 14.2. The fraction of sp³-hybridized carbons (Fsp3) is 0. The van der Waals surface area contributed by atoms with Crippen LogP contribution in [-0.2, 0) is 0 Å². The van der Waals surface area contributed by atoms with Gasteiger partial charge in [-0.25, -0.2) is 9.97 Å². The molecular weight excluding hydrogens is 282 g/mol. The van der Waals surface area contributed by atoms with Crippen molar-refractivity contribution in [1.82, 2.24) is 19.4 Å². The van der Waals surface area contributed by atoms with E-state index in [1.807, 2.05) is 52.0 Å². The van der Waals surface area contributed by atoms with Gasteiger partial charge in [0.15, 0.2) is 5.65 Å². The lowest BCUT2D eigenvalue weighted by Gasteiger charge is -2.04. The van der Waals surface area contributed by atoms with Crippen LogP contribution in [0.3, 0.4) is 0 Å². The molecule has 1 aromatic carbocycles. The van der Waals surface area contributed by atoms with Crippen molar-refractivity contribution in [3.05, 3.63) is 53.7 Å². The van der Waals surface area contributed by atoms with Gasteiger partial charge in [0.1, 0.15) is 0 Å². The summed E-state index contributed by atoms with van der Waals surface area (Å²) in [4.78, 5) is 13.2. The molecule has 4 aromatic rings. The molecule has 0 spiro atoms. The summed E-state index contributed by atoms with van der Waals surface area (Å²) < 4.78 is 2.00. The van der Waals surface area contributed by atoms with Gasteiger partial charge in [-0.05, 0) is 12.1 Å². The van der Waals surface area contributed by atoms with Crippen LogP contribution in [0, 0.1) is 0 Å². The molecule has 3 heterocycles. The zero-order valence-corrected chi connectivity index (χ0v) is 11.8. The summed E-state index contributed by atoms with van der Waals surface area (Å²) in [7, 11) is 0. The lowest BCUT2D eigenvalue weighted by molar-refractivity contribution is 1.13. The van der Waals surface area contributed by atoms with Gasteiger partial charge in [0.25, 0.3) is 0 Å². The van der Waals surface area contributed by atoms with E-state index in [0.29, 0.717) is 0 Å². The summed E-state index contributed by atoms with van der Waals surface area (Å²) in [5.74, 6) is 0. The maximum absolute atomic E-state index is 5.84. The number of thiazole rings is 1. The molecular formula is C15H11N5S. The number of imidazole rings is 1. The molecule has 0 aliphatic carbocycles. The SMILES string of the molecule is Nc1cccc(-c2cn3c(-c4cscn4)cnc3cn2)c1. The molecule has 0 radical (unpaired) electrons. The normalized spacial score (nSPS) is 11.0. The third-order valence-electron chi connectivity index (χ3n) is 3.27. The van der Waals surface area contributed by atoms with Gasteiger partial charge in [0.2, 0.25) is 0 Å². The smallest absolute Gasteiger partial charge is 0.155 e. The van der Waals surface area contributed by atoms with Gasteiger partial charge in [-0.15, -0.1) is 11.3 Å². The van der Waals surface area contributed by atoms with Crippen LogP contribution in [0.2, 0.25) is 0 Å². The number of benzene rings is 1. The fourth-order valence-electron chi connectivity index (χ4n) is 2.26. The molecule has 0 atom stereocenters. The van der Waals surface area contributed by atoms with Gasteiger partial charge in [0.05, 0.1) is 35.0 Å². The van der Waals surface area contributed by atoms with Gasteiger partial charge >= 0.3 is 0 Å². The van der Waals surface area contributed by atoms with Crippen molar-refractivity contribution in [2.24, 2.45) is 0 Å². The maximum Gasteiger partial charge on any atom is 0.155 e. The minimum atomic E-state index is 0.722. The van der Waals surface area contributed by atoms with Crippen molar-refractivity contribution in [2.75, 3.05) is 5.73 Å². The molecule has 21 heavy (non-hydrogen) atoms. The van der Waals surface area contributed by atoms with Crippen LogP contribution in [0.5, 0.6) is 0 Å². The lowest BCUT2D eigenvalue weighted by atomic mass is 10.1. The molecule has 2 N–H and O–H groups in total. The lowest BCUT2D eigenvalue weighted by Crippen LogP contribution is -1.93. The molecule has 0 saturated carbocycles. The summed E-state index contributed by atoms with van der Waals surface area (Å²) in [6, 6.07) is 7.68. The number of fused-ring (bicyclic) bond motifs is 1. The Balaban J connectivity index is 1.91. The second-order valence-corrected chi connectivity index (χ2v) is 5.36.